The molecule has 0 N–H and O–H groups in total. The van der Waals surface area contributed by atoms with E-state index in [9.17, 15) is 0 Å². The molecule has 0 aliphatic carbocycles. The molecular formula is C52H30O2. The van der Waals surface area contributed by atoms with E-state index in [4.69, 9.17) is 8.83 Å². The van der Waals surface area contributed by atoms with Crippen LogP contribution in [0.25, 0.3) is 120 Å². The molecule has 12 aromatic rings. The fourth-order valence-electron chi connectivity index (χ4n) is 8.98. The second-order valence-electron chi connectivity index (χ2n) is 14.4. The van der Waals surface area contributed by atoms with E-state index in [1.54, 1.807) is 0 Å². The fourth-order valence-corrected chi connectivity index (χ4v) is 8.98. The van der Waals surface area contributed by atoms with Gasteiger partial charge >= 0.3 is 0 Å². The number of hydrogen-bond donors (Lipinski definition) is 0. The van der Waals surface area contributed by atoms with Gasteiger partial charge in [0.25, 0.3) is 0 Å². The van der Waals surface area contributed by atoms with Gasteiger partial charge in [-0.05, 0) is 101 Å². The second-order valence-corrected chi connectivity index (χ2v) is 14.4. The maximum absolute atomic E-state index is 6.83. The predicted molar refractivity (Wildman–Crippen MR) is 227 cm³/mol. The second kappa shape index (κ2) is 11.2. The summed E-state index contributed by atoms with van der Waals surface area (Å²) in [5, 5.41) is 13.8. The highest BCUT2D eigenvalue weighted by molar-refractivity contribution is 6.30. The van der Waals surface area contributed by atoms with E-state index >= 15 is 0 Å². The van der Waals surface area contributed by atoms with Crippen molar-refractivity contribution in [1.82, 2.24) is 0 Å². The first-order chi connectivity index (χ1) is 26.8. The number of para-hydroxylation sites is 1. The van der Waals surface area contributed by atoms with Crippen molar-refractivity contribution in [3.05, 3.63) is 182 Å². The zero-order valence-electron chi connectivity index (χ0n) is 29.1. The van der Waals surface area contributed by atoms with Crippen molar-refractivity contribution in [3.63, 3.8) is 0 Å². The molecule has 0 atom stereocenters. The standard InChI is InChI=1S/C52H30O2/c1-2-12-31(13-3-1)33-22-23-35-29-36(25-24-34(35)28-33)47-38-16-6-8-18-40(38)48(41-19-9-7-17-39(41)47)45-30-44-42-27-26-32-14-4-5-15-37(32)50(42)54-51(44)52-49(45)43-20-10-11-21-46(43)53-52/h1-30H. The van der Waals surface area contributed by atoms with Gasteiger partial charge in [0.05, 0.1) is 0 Å². The van der Waals surface area contributed by atoms with E-state index < -0.39 is 0 Å². The Morgan fingerprint density at radius 1 is 0.278 bits per heavy atom. The van der Waals surface area contributed by atoms with Crippen LogP contribution in [0.5, 0.6) is 0 Å². The van der Waals surface area contributed by atoms with Gasteiger partial charge in [0.1, 0.15) is 11.2 Å². The van der Waals surface area contributed by atoms with Crippen LogP contribution in [0.1, 0.15) is 0 Å². The third-order valence-corrected chi connectivity index (χ3v) is 11.4. The summed E-state index contributed by atoms with van der Waals surface area (Å²) in [5.41, 5.74) is 10.6. The lowest BCUT2D eigenvalue weighted by atomic mass is 9.84. The Hall–Kier alpha value is -7.16. The molecule has 0 aliphatic rings. The topological polar surface area (TPSA) is 26.3 Å². The van der Waals surface area contributed by atoms with E-state index in [0.29, 0.717) is 0 Å². The van der Waals surface area contributed by atoms with Crippen LogP contribution in [0.2, 0.25) is 0 Å². The minimum Gasteiger partial charge on any atom is -0.452 e. The van der Waals surface area contributed by atoms with Crippen LogP contribution in [0.3, 0.4) is 0 Å². The van der Waals surface area contributed by atoms with Gasteiger partial charge in [0.15, 0.2) is 11.2 Å². The lowest BCUT2D eigenvalue weighted by Gasteiger charge is -2.19. The Morgan fingerprint density at radius 2 is 0.852 bits per heavy atom. The maximum atomic E-state index is 6.83. The van der Waals surface area contributed by atoms with Crippen LogP contribution in [0.15, 0.2) is 191 Å². The van der Waals surface area contributed by atoms with Gasteiger partial charge in [-0.2, -0.15) is 0 Å². The number of benzene rings is 10. The molecule has 0 saturated heterocycles. The number of rotatable bonds is 3. The van der Waals surface area contributed by atoms with Crippen LogP contribution in [-0.4, -0.2) is 0 Å². The summed E-state index contributed by atoms with van der Waals surface area (Å²) in [7, 11) is 0. The average molecular weight is 687 g/mol. The summed E-state index contributed by atoms with van der Waals surface area (Å²) in [5.74, 6) is 0. The van der Waals surface area contributed by atoms with Gasteiger partial charge in [-0.15, -0.1) is 0 Å². The fraction of sp³-hybridized carbons (Fsp3) is 0. The molecule has 0 fully saturated rings. The molecule has 0 saturated carbocycles. The molecular weight excluding hydrogens is 657 g/mol. The van der Waals surface area contributed by atoms with Gasteiger partial charge < -0.3 is 8.83 Å². The van der Waals surface area contributed by atoms with Crippen molar-refractivity contribution in [2.24, 2.45) is 0 Å². The Labute approximate surface area is 310 Å². The van der Waals surface area contributed by atoms with Crippen LogP contribution >= 0.6 is 0 Å². The van der Waals surface area contributed by atoms with E-state index in [1.807, 2.05) is 6.07 Å². The zero-order valence-corrected chi connectivity index (χ0v) is 29.1. The maximum Gasteiger partial charge on any atom is 0.179 e. The highest BCUT2D eigenvalue weighted by Crippen LogP contribution is 2.50. The van der Waals surface area contributed by atoms with E-state index in [2.05, 4.69) is 176 Å². The van der Waals surface area contributed by atoms with E-state index in [1.165, 1.54) is 60.1 Å². The van der Waals surface area contributed by atoms with Gasteiger partial charge in [-0.25, -0.2) is 0 Å². The number of furan rings is 2. The molecule has 2 nitrogen and oxygen atoms in total. The molecule has 0 bridgehead atoms. The quantitative estimate of drug-likeness (QED) is 0.173. The van der Waals surface area contributed by atoms with E-state index in [0.717, 1.165) is 60.2 Å². The average Bonchev–Trinajstić information content (AvgIpc) is 3.82. The van der Waals surface area contributed by atoms with Gasteiger partial charge in [0.2, 0.25) is 0 Å². The highest BCUT2D eigenvalue weighted by Gasteiger charge is 2.25. The summed E-state index contributed by atoms with van der Waals surface area (Å²) < 4.78 is 13.6. The van der Waals surface area contributed by atoms with Crippen molar-refractivity contribution < 1.29 is 8.83 Å². The smallest absolute Gasteiger partial charge is 0.179 e. The molecule has 10 aromatic carbocycles. The third-order valence-electron chi connectivity index (χ3n) is 11.4. The molecule has 0 aliphatic heterocycles. The molecule has 0 spiro atoms. The monoisotopic (exact) mass is 686 g/mol. The largest absolute Gasteiger partial charge is 0.452 e. The lowest BCUT2D eigenvalue weighted by Crippen LogP contribution is -1.92. The van der Waals surface area contributed by atoms with Crippen molar-refractivity contribution in [2.75, 3.05) is 0 Å². The summed E-state index contributed by atoms with van der Waals surface area (Å²) in [6, 6.07) is 65.7. The first kappa shape index (κ1) is 29.4. The van der Waals surface area contributed by atoms with Crippen LogP contribution in [-0.2, 0) is 0 Å². The Bertz CT molecular complexity index is 3430. The zero-order chi connectivity index (χ0) is 35.3. The van der Waals surface area contributed by atoms with Crippen molar-refractivity contribution in [1.29, 1.82) is 0 Å². The van der Waals surface area contributed by atoms with Crippen LogP contribution in [0.4, 0.5) is 0 Å². The summed E-state index contributed by atoms with van der Waals surface area (Å²) in [6.07, 6.45) is 0. The van der Waals surface area contributed by atoms with E-state index in [-0.39, 0.29) is 0 Å². The molecule has 2 heterocycles. The summed E-state index contributed by atoms with van der Waals surface area (Å²) in [4.78, 5) is 0. The van der Waals surface area contributed by atoms with Crippen LogP contribution < -0.4 is 0 Å². The summed E-state index contributed by atoms with van der Waals surface area (Å²) in [6.45, 7) is 0. The van der Waals surface area contributed by atoms with Crippen molar-refractivity contribution in [2.45, 2.75) is 0 Å². The highest BCUT2D eigenvalue weighted by atomic mass is 16.4. The van der Waals surface area contributed by atoms with Gasteiger partial charge in [-0.3, -0.25) is 0 Å². The molecule has 12 rings (SSSR count). The van der Waals surface area contributed by atoms with Gasteiger partial charge in [0, 0.05) is 26.9 Å². The molecule has 2 heteroatoms. The minimum absolute atomic E-state index is 0.783. The van der Waals surface area contributed by atoms with Gasteiger partial charge in [-0.1, -0.05) is 152 Å². The summed E-state index contributed by atoms with van der Waals surface area (Å²) >= 11 is 0. The van der Waals surface area contributed by atoms with Crippen molar-refractivity contribution >= 4 is 87.0 Å². The molecule has 0 radical (unpaired) electrons. The van der Waals surface area contributed by atoms with Crippen molar-refractivity contribution in [3.8, 4) is 33.4 Å². The molecule has 0 unspecified atom stereocenters. The number of fused-ring (bicyclic) bond motifs is 12. The normalized spacial score (nSPS) is 12.1. The van der Waals surface area contributed by atoms with Crippen LogP contribution in [0, 0.1) is 0 Å². The first-order valence-corrected chi connectivity index (χ1v) is 18.5. The Balaban J connectivity index is 1.18. The SMILES string of the molecule is c1ccc(-c2ccc3cc(-c4c5ccccc5c(-c5cc6c7ccc8ccccc8c7oc6c6oc7ccccc7c56)c5ccccc45)ccc3c2)cc1. The number of hydrogen-bond acceptors (Lipinski definition) is 2. The Kier molecular flexibility index (Phi) is 6.09. The molecule has 54 heavy (non-hydrogen) atoms. The molecule has 0 amide bonds. The molecule has 250 valence electrons. The molecule has 2 aromatic heterocycles. The minimum atomic E-state index is 0.783. The lowest BCUT2D eigenvalue weighted by molar-refractivity contribution is 0.635. The third kappa shape index (κ3) is 4.17. The predicted octanol–water partition coefficient (Wildman–Crippen LogP) is 15.1. The first-order valence-electron chi connectivity index (χ1n) is 18.5. The Morgan fingerprint density at radius 3 is 1.59 bits per heavy atom.